The molecular weight excluding hydrogens is 199 g/mol. The Morgan fingerprint density at radius 3 is 3.00 bits per heavy atom. The predicted molar refractivity (Wildman–Crippen MR) is 52.2 cm³/mol. The summed E-state index contributed by atoms with van der Waals surface area (Å²) >= 11 is 1.33. The Balaban J connectivity index is 1.99. The number of hydrogen-bond acceptors (Lipinski definition) is 3. The Labute approximate surface area is 86.2 Å². The summed E-state index contributed by atoms with van der Waals surface area (Å²) in [7, 11) is 0. The number of aromatic nitrogens is 1. The van der Waals surface area contributed by atoms with Gasteiger partial charge in [0.25, 0.3) is 0 Å². The number of nitrogens with zero attached hydrogens (tertiary/aromatic N) is 2. The molecular formula is C10H9FN2S. The number of halogens is 1. The third-order valence-electron chi connectivity index (χ3n) is 2.30. The quantitative estimate of drug-likeness (QED) is 0.716. The van der Waals surface area contributed by atoms with Crippen LogP contribution in [0, 0.1) is 22.6 Å². The van der Waals surface area contributed by atoms with Crippen LogP contribution in [0.2, 0.25) is 0 Å². The van der Waals surface area contributed by atoms with Gasteiger partial charge in [-0.25, -0.2) is 9.37 Å². The molecule has 0 saturated heterocycles. The molecule has 0 bridgehead atoms. The third kappa shape index (κ3) is 1.88. The van der Waals surface area contributed by atoms with Crippen LogP contribution in [0.3, 0.4) is 0 Å². The largest absolute Gasteiger partial charge is 0.247 e. The van der Waals surface area contributed by atoms with E-state index < -0.39 is 0 Å². The first-order valence-electron chi connectivity index (χ1n) is 4.40. The Hall–Kier alpha value is -1.08. The van der Waals surface area contributed by atoms with Gasteiger partial charge in [-0.15, -0.1) is 11.8 Å². The summed E-state index contributed by atoms with van der Waals surface area (Å²) < 4.78 is 13.1. The molecule has 0 N–H and O–H groups in total. The average molecular weight is 208 g/mol. The van der Waals surface area contributed by atoms with Gasteiger partial charge in [-0.05, 0) is 25.0 Å². The van der Waals surface area contributed by atoms with E-state index in [9.17, 15) is 4.39 Å². The van der Waals surface area contributed by atoms with Crippen LogP contribution >= 0.6 is 11.8 Å². The van der Waals surface area contributed by atoms with E-state index in [0.717, 1.165) is 12.8 Å². The SMILES string of the molecule is N#CC1(CSc2ncccc2F)CC1. The Kier molecular flexibility index (Phi) is 2.42. The standard InChI is InChI=1S/C10H9FN2S/c11-8-2-1-5-13-9(8)14-7-10(6-12)3-4-10/h1-2,5H,3-4,7H2. The van der Waals surface area contributed by atoms with Crippen molar-refractivity contribution in [2.24, 2.45) is 5.41 Å². The van der Waals surface area contributed by atoms with Gasteiger partial charge >= 0.3 is 0 Å². The molecule has 14 heavy (non-hydrogen) atoms. The topological polar surface area (TPSA) is 36.7 Å². The summed E-state index contributed by atoms with van der Waals surface area (Å²) in [5, 5.41) is 9.22. The van der Waals surface area contributed by atoms with Crippen molar-refractivity contribution in [1.82, 2.24) is 4.98 Å². The van der Waals surface area contributed by atoms with E-state index in [1.165, 1.54) is 17.8 Å². The number of rotatable bonds is 3. The van der Waals surface area contributed by atoms with E-state index in [4.69, 9.17) is 5.26 Å². The van der Waals surface area contributed by atoms with Crippen molar-refractivity contribution in [1.29, 1.82) is 5.26 Å². The molecule has 2 rings (SSSR count). The molecule has 2 nitrogen and oxygen atoms in total. The van der Waals surface area contributed by atoms with Crippen molar-refractivity contribution in [3.63, 3.8) is 0 Å². The number of nitriles is 1. The third-order valence-corrected chi connectivity index (χ3v) is 3.57. The number of thioether (sulfide) groups is 1. The first-order chi connectivity index (χ1) is 6.76. The molecule has 1 heterocycles. The molecule has 1 aliphatic carbocycles. The zero-order valence-corrected chi connectivity index (χ0v) is 8.35. The number of pyridine rings is 1. The second kappa shape index (κ2) is 3.58. The Morgan fingerprint density at radius 2 is 2.43 bits per heavy atom. The number of hydrogen-bond donors (Lipinski definition) is 0. The van der Waals surface area contributed by atoms with Gasteiger partial charge < -0.3 is 0 Å². The van der Waals surface area contributed by atoms with Gasteiger partial charge in [-0.3, -0.25) is 0 Å². The molecule has 0 aliphatic heterocycles. The van der Waals surface area contributed by atoms with Crippen LogP contribution in [0.15, 0.2) is 23.4 Å². The summed E-state index contributed by atoms with van der Waals surface area (Å²) in [6, 6.07) is 5.23. The molecule has 1 aliphatic rings. The second-order valence-corrected chi connectivity index (χ2v) is 4.44. The van der Waals surface area contributed by atoms with E-state index >= 15 is 0 Å². The fourth-order valence-electron chi connectivity index (χ4n) is 1.12. The van der Waals surface area contributed by atoms with Gasteiger partial charge in [0.2, 0.25) is 0 Å². The molecule has 0 unspecified atom stereocenters. The summed E-state index contributed by atoms with van der Waals surface area (Å²) in [5.41, 5.74) is -0.200. The molecule has 0 spiro atoms. The lowest BCUT2D eigenvalue weighted by Crippen LogP contribution is -2.00. The highest BCUT2D eigenvalue weighted by atomic mass is 32.2. The Morgan fingerprint density at radius 1 is 1.64 bits per heavy atom. The normalized spacial score (nSPS) is 17.4. The van der Waals surface area contributed by atoms with Crippen molar-refractivity contribution in [2.45, 2.75) is 17.9 Å². The lowest BCUT2D eigenvalue weighted by molar-refractivity contribution is 0.587. The van der Waals surface area contributed by atoms with Crippen LogP contribution in [0.1, 0.15) is 12.8 Å². The van der Waals surface area contributed by atoms with Gasteiger partial charge in [-0.2, -0.15) is 5.26 Å². The zero-order valence-electron chi connectivity index (χ0n) is 7.53. The summed E-state index contributed by atoms with van der Waals surface area (Å²) in [5.74, 6) is 0.350. The molecule has 72 valence electrons. The first kappa shape index (κ1) is 9.47. The lowest BCUT2D eigenvalue weighted by atomic mass is 10.2. The fourth-order valence-corrected chi connectivity index (χ4v) is 2.23. The van der Waals surface area contributed by atoms with Crippen LogP contribution in [-0.2, 0) is 0 Å². The Bertz CT molecular complexity index is 382. The van der Waals surface area contributed by atoms with E-state index in [2.05, 4.69) is 11.1 Å². The van der Waals surface area contributed by atoms with Gasteiger partial charge in [0.05, 0.1) is 11.5 Å². The van der Waals surface area contributed by atoms with Gasteiger partial charge in [-0.1, -0.05) is 0 Å². The fraction of sp³-hybridized carbons (Fsp3) is 0.400. The van der Waals surface area contributed by atoms with Crippen molar-refractivity contribution in [3.05, 3.63) is 24.1 Å². The molecule has 1 fully saturated rings. The van der Waals surface area contributed by atoms with Crippen LogP contribution < -0.4 is 0 Å². The highest BCUT2D eigenvalue weighted by molar-refractivity contribution is 7.99. The van der Waals surface area contributed by atoms with Gasteiger partial charge in [0.1, 0.15) is 5.03 Å². The van der Waals surface area contributed by atoms with Crippen LogP contribution in [0.25, 0.3) is 0 Å². The molecule has 1 aromatic heterocycles. The minimum atomic E-state index is -0.300. The van der Waals surface area contributed by atoms with Crippen molar-refractivity contribution in [2.75, 3.05) is 5.75 Å². The summed E-state index contributed by atoms with van der Waals surface area (Å²) in [6.07, 6.45) is 3.44. The van der Waals surface area contributed by atoms with Crippen LogP contribution in [-0.4, -0.2) is 10.7 Å². The summed E-state index contributed by atoms with van der Waals surface area (Å²) in [4.78, 5) is 3.92. The minimum Gasteiger partial charge on any atom is -0.247 e. The van der Waals surface area contributed by atoms with Gasteiger partial charge in [0, 0.05) is 11.9 Å². The highest BCUT2D eigenvalue weighted by Crippen LogP contribution is 2.48. The van der Waals surface area contributed by atoms with Gasteiger partial charge in [0.15, 0.2) is 5.82 Å². The second-order valence-electron chi connectivity index (χ2n) is 3.47. The van der Waals surface area contributed by atoms with E-state index in [1.807, 2.05) is 0 Å². The van der Waals surface area contributed by atoms with E-state index in [0.29, 0.717) is 10.8 Å². The molecule has 4 heteroatoms. The molecule has 0 amide bonds. The lowest BCUT2D eigenvalue weighted by Gasteiger charge is -2.04. The highest BCUT2D eigenvalue weighted by Gasteiger charge is 2.43. The van der Waals surface area contributed by atoms with Crippen molar-refractivity contribution < 1.29 is 4.39 Å². The van der Waals surface area contributed by atoms with Crippen molar-refractivity contribution >= 4 is 11.8 Å². The maximum atomic E-state index is 13.1. The summed E-state index contributed by atoms with van der Waals surface area (Å²) in [6.45, 7) is 0. The van der Waals surface area contributed by atoms with Crippen molar-refractivity contribution in [3.8, 4) is 6.07 Å². The zero-order chi connectivity index (χ0) is 10.0. The first-order valence-corrected chi connectivity index (χ1v) is 5.39. The van der Waals surface area contributed by atoms with Crippen LogP contribution in [0.4, 0.5) is 4.39 Å². The molecule has 0 radical (unpaired) electrons. The van der Waals surface area contributed by atoms with E-state index in [-0.39, 0.29) is 11.2 Å². The smallest absolute Gasteiger partial charge is 0.155 e. The average Bonchev–Trinajstić information content (AvgIpc) is 2.98. The van der Waals surface area contributed by atoms with E-state index in [1.54, 1.807) is 12.3 Å². The molecule has 0 atom stereocenters. The van der Waals surface area contributed by atoms with Crippen LogP contribution in [0.5, 0.6) is 0 Å². The monoisotopic (exact) mass is 208 g/mol. The minimum absolute atomic E-state index is 0.200. The molecule has 1 saturated carbocycles. The molecule has 1 aromatic rings. The maximum absolute atomic E-state index is 13.1. The predicted octanol–water partition coefficient (Wildman–Crippen LogP) is 2.62. The molecule has 0 aromatic carbocycles. The maximum Gasteiger partial charge on any atom is 0.155 e.